The molecule has 158 valence electrons. The summed E-state index contributed by atoms with van der Waals surface area (Å²) in [6.07, 6.45) is 0.136. The van der Waals surface area contributed by atoms with Crippen molar-refractivity contribution in [3.8, 4) is 11.5 Å². The standard InChI is InChI=1S/C22H25N3O5/c1-29-18-9-5-3-7-16(18)22(28)24-12-11-23-21(27)15-13-20(26)25(14-15)17-8-4-6-10-19(17)30-2/h3-10,15H,11-14H2,1-2H3,(H,23,27)(H,24,28)/t15-/m0/s1. The summed E-state index contributed by atoms with van der Waals surface area (Å²) < 4.78 is 10.5. The number of methoxy groups -OCH3 is 2. The molecule has 3 amide bonds. The lowest BCUT2D eigenvalue weighted by molar-refractivity contribution is -0.126. The van der Waals surface area contributed by atoms with Gasteiger partial charge >= 0.3 is 0 Å². The number of carbonyl (C=O) groups excluding carboxylic acids is 3. The van der Waals surface area contributed by atoms with Gasteiger partial charge in [0.25, 0.3) is 5.91 Å². The van der Waals surface area contributed by atoms with Crippen molar-refractivity contribution in [1.29, 1.82) is 0 Å². The third kappa shape index (κ3) is 4.71. The van der Waals surface area contributed by atoms with Gasteiger partial charge in [0.05, 0.1) is 31.4 Å². The minimum Gasteiger partial charge on any atom is -0.496 e. The number of hydrogen-bond donors (Lipinski definition) is 2. The van der Waals surface area contributed by atoms with Crippen LogP contribution in [-0.2, 0) is 9.59 Å². The fraction of sp³-hybridized carbons (Fsp3) is 0.318. The monoisotopic (exact) mass is 411 g/mol. The lowest BCUT2D eigenvalue weighted by Crippen LogP contribution is -2.38. The van der Waals surface area contributed by atoms with Gasteiger partial charge in [0, 0.05) is 26.1 Å². The summed E-state index contributed by atoms with van der Waals surface area (Å²) >= 11 is 0. The van der Waals surface area contributed by atoms with Crippen molar-refractivity contribution in [2.75, 3.05) is 38.8 Å². The first-order chi connectivity index (χ1) is 14.5. The fourth-order valence-corrected chi connectivity index (χ4v) is 3.40. The second-order valence-corrected chi connectivity index (χ2v) is 6.82. The SMILES string of the molecule is COc1ccccc1C(=O)NCCNC(=O)[C@H]1CC(=O)N(c2ccccc2OC)C1. The van der Waals surface area contributed by atoms with Crippen LogP contribution in [-0.4, -0.2) is 51.6 Å². The van der Waals surface area contributed by atoms with Crippen molar-refractivity contribution in [2.24, 2.45) is 5.92 Å². The van der Waals surface area contributed by atoms with Gasteiger partial charge in [0.2, 0.25) is 11.8 Å². The van der Waals surface area contributed by atoms with E-state index in [1.54, 1.807) is 48.4 Å². The molecule has 1 atom stereocenters. The first-order valence-electron chi connectivity index (χ1n) is 9.67. The van der Waals surface area contributed by atoms with Crippen molar-refractivity contribution in [3.05, 3.63) is 54.1 Å². The summed E-state index contributed by atoms with van der Waals surface area (Å²) in [6.45, 7) is 0.817. The van der Waals surface area contributed by atoms with E-state index in [-0.39, 0.29) is 37.2 Å². The third-order valence-corrected chi connectivity index (χ3v) is 4.93. The van der Waals surface area contributed by atoms with Crippen LogP contribution >= 0.6 is 0 Å². The molecule has 0 aromatic heterocycles. The topological polar surface area (TPSA) is 97.0 Å². The van der Waals surface area contributed by atoms with E-state index in [0.717, 1.165) is 0 Å². The van der Waals surface area contributed by atoms with Crippen LogP contribution in [0.3, 0.4) is 0 Å². The minimum atomic E-state index is -0.452. The maximum absolute atomic E-state index is 12.5. The normalized spacial score (nSPS) is 15.6. The molecule has 1 fully saturated rings. The number of anilines is 1. The molecule has 0 radical (unpaired) electrons. The number of benzene rings is 2. The van der Waals surface area contributed by atoms with Gasteiger partial charge in [-0.25, -0.2) is 0 Å². The molecule has 1 saturated heterocycles. The maximum atomic E-state index is 12.5. The zero-order chi connectivity index (χ0) is 21.5. The van der Waals surface area contributed by atoms with E-state index in [1.807, 2.05) is 12.1 Å². The predicted molar refractivity (Wildman–Crippen MR) is 112 cm³/mol. The van der Waals surface area contributed by atoms with E-state index < -0.39 is 5.92 Å². The molecule has 0 spiro atoms. The summed E-state index contributed by atoms with van der Waals surface area (Å²) in [5.41, 5.74) is 1.09. The minimum absolute atomic E-state index is 0.121. The molecule has 1 aliphatic rings. The maximum Gasteiger partial charge on any atom is 0.255 e. The number of rotatable bonds is 8. The van der Waals surface area contributed by atoms with Crippen LogP contribution < -0.4 is 25.0 Å². The van der Waals surface area contributed by atoms with Gasteiger partial charge in [-0.1, -0.05) is 24.3 Å². The molecule has 0 saturated carbocycles. The van der Waals surface area contributed by atoms with E-state index in [0.29, 0.717) is 29.3 Å². The van der Waals surface area contributed by atoms with Crippen molar-refractivity contribution >= 4 is 23.4 Å². The van der Waals surface area contributed by atoms with Crippen LogP contribution in [0.25, 0.3) is 0 Å². The smallest absolute Gasteiger partial charge is 0.255 e. The van der Waals surface area contributed by atoms with Gasteiger partial charge in [0.15, 0.2) is 0 Å². The highest BCUT2D eigenvalue weighted by Gasteiger charge is 2.36. The number of ether oxygens (including phenoxy) is 2. The number of amides is 3. The second-order valence-electron chi connectivity index (χ2n) is 6.82. The Morgan fingerprint density at radius 3 is 2.33 bits per heavy atom. The lowest BCUT2D eigenvalue weighted by Gasteiger charge is -2.19. The summed E-state index contributed by atoms with van der Waals surface area (Å²) in [6, 6.07) is 14.1. The number of carbonyl (C=O) groups is 3. The Morgan fingerprint density at radius 2 is 1.60 bits per heavy atom. The number of hydrogen-bond acceptors (Lipinski definition) is 5. The van der Waals surface area contributed by atoms with Crippen LogP contribution in [0.2, 0.25) is 0 Å². The molecule has 1 heterocycles. The number of nitrogens with one attached hydrogen (secondary N) is 2. The van der Waals surface area contributed by atoms with Gasteiger partial charge in [-0.3, -0.25) is 14.4 Å². The molecule has 3 rings (SSSR count). The molecule has 2 aromatic carbocycles. The molecule has 8 heteroatoms. The summed E-state index contributed by atoms with van der Waals surface area (Å²) in [5, 5.41) is 5.54. The van der Waals surface area contributed by atoms with Crippen molar-refractivity contribution in [3.63, 3.8) is 0 Å². The van der Waals surface area contributed by atoms with Crippen LogP contribution in [0.15, 0.2) is 48.5 Å². The van der Waals surface area contributed by atoms with Crippen LogP contribution in [0.1, 0.15) is 16.8 Å². The molecule has 0 bridgehead atoms. The molecular weight excluding hydrogens is 386 g/mol. The first kappa shape index (κ1) is 21.2. The highest BCUT2D eigenvalue weighted by Crippen LogP contribution is 2.32. The fourth-order valence-electron chi connectivity index (χ4n) is 3.40. The first-order valence-corrected chi connectivity index (χ1v) is 9.67. The molecule has 8 nitrogen and oxygen atoms in total. The number of para-hydroxylation sites is 3. The zero-order valence-electron chi connectivity index (χ0n) is 17.0. The summed E-state index contributed by atoms with van der Waals surface area (Å²) in [5.74, 6) is 0.00901. The predicted octanol–water partition coefficient (Wildman–Crippen LogP) is 1.60. The average Bonchev–Trinajstić information content (AvgIpc) is 3.17. The van der Waals surface area contributed by atoms with Crippen molar-refractivity contribution in [1.82, 2.24) is 10.6 Å². The van der Waals surface area contributed by atoms with E-state index in [9.17, 15) is 14.4 Å². The van der Waals surface area contributed by atoms with Crippen LogP contribution in [0, 0.1) is 5.92 Å². The van der Waals surface area contributed by atoms with Gasteiger partial charge in [0.1, 0.15) is 11.5 Å². The van der Waals surface area contributed by atoms with Gasteiger partial charge in [-0.05, 0) is 24.3 Å². The van der Waals surface area contributed by atoms with E-state index in [2.05, 4.69) is 10.6 Å². The molecule has 2 N–H and O–H groups in total. The Balaban J connectivity index is 1.49. The average molecular weight is 411 g/mol. The Morgan fingerprint density at radius 1 is 0.967 bits per heavy atom. The number of nitrogens with zero attached hydrogens (tertiary/aromatic N) is 1. The molecule has 2 aromatic rings. The van der Waals surface area contributed by atoms with E-state index >= 15 is 0 Å². The van der Waals surface area contributed by atoms with E-state index in [1.165, 1.54) is 7.11 Å². The Labute approximate surface area is 175 Å². The lowest BCUT2D eigenvalue weighted by atomic mass is 10.1. The molecule has 30 heavy (non-hydrogen) atoms. The molecule has 0 aliphatic carbocycles. The van der Waals surface area contributed by atoms with Gasteiger partial charge in [-0.2, -0.15) is 0 Å². The van der Waals surface area contributed by atoms with E-state index in [4.69, 9.17) is 9.47 Å². The van der Waals surface area contributed by atoms with Crippen LogP contribution in [0.5, 0.6) is 11.5 Å². The van der Waals surface area contributed by atoms with Crippen molar-refractivity contribution in [2.45, 2.75) is 6.42 Å². The molecular formula is C22H25N3O5. The molecule has 1 aliphatic heterocycles. The van der Waals surface area contributed by atoms with Gasteiger partial charge < -0.3 is 25.0 Å². The highest BCUT2D eigenvalue weighted by atomic mass is 16.5. The Bertz CT molecular complexity index is 930. The second kappa shape index (κ2) is 9.78. The quantitative estimate of drug-likeness (QED) is 0.643. The van der Waals surface area contributed by atoms with Gasteiger partial charge in [-0.15, -0.1) is 0 Å². The summed E-state index contributed by atoms with van der Waals surface area (Å²) in [7, 11) is 3.05. The zero-order valence-corrected chi connectivity index (χ0v) is 17.0. The van der Waals surface area contributed by atoms with Crippen LogP contribution in [0.4, 0.5) is 5.69 Å². The Kier molecular flexibility index (Phi) is 6.90. The highest BCUT2D eigenvalue weighted by molar-refractivity contribution is 6.01. The molecule has 0 unspecified atom stereocenters. The summed E-state index contributed by atoms with van der Waals surface area (Å²) in [4.78, 5) is 38.7. The third-order valence-electron chi connectivity index (χ3n) is 4.93. The Hall–Kier alpha value is -3.55. The largest absolute Gasteiger partial charge is 0.496 e. The van der Waals surface area contributed by atoms with Crippen molar-refractivity contribution < 1.29 is 23.9 Å².